The Balaban J connectivity index is 2.27. The topological polar surface area (TPSA) is 12.0 Å². The zero-order valence-electron chi connectivity index (χ0n) is 11.1. The van der Waals surface area contributed by atoms with Crippen LogP contribution in [0.3, 0.4) is 0 Å². The maximum Gasteiger partial charge on any atom is 0.123 e. The number of rotatable bonds is 4. The number of nitrogens with one attached hydrogen (secondary N) is 1. The summed E-state index contributed by atoms with van der Waals surface area (Å²) in [6, 6.07) is 12.7. The van der Waals surface area contributed by atoms with Gasteiger partial charge < -0.3 is 5.32 Å². The highest BCUT2D eigenvalue weighted by atomic mass is 35.5. The van der Waals surface area contributed by atoms with Gasteiger partial charge in [0.05, 0.1) is 0 Å². The molecule has 0 aliphatic rings. The van der Waals surface area contributed by atoms with Crippen molar-refractivity contribution in [2.45, 2.75) is 19.4 Å². The van der Waals surface area contributed by atoms with E-state index in [1.165, 1.54) is 11.6 Å². The second-order valence-electron chi connectivity index (χ2n) is 4.68. The number of likely N-dealkylation sites (N-methyl/N-ethyl adjacent to an activating group) is 1. The summed E-state index contributed by atoms with van der Waals surface area (Å²) < 4.78 is 13.2. The molecule has 0 aliphatic heterocycles. The Hall–Kier alpha value is -1.38. The van der Waals surface area contributed by atoms with Gasteiger partial charge in [-0.05, 0) is 61.3 Å². The van der Waals surface area contributed by atoms with Crippen molar-refractivity contribution in [2.24, 2.45) is 0 Å². The molecule has 0 spiro atoms. The molecule has 1 unspecified atom stereocenters. The Morgan fingerprint density at radius 3 is 2.68 bits per heavy atom. The van der Waals surface area contributed by atoms with Crippen molar-refractivity contribution in [1.29, 1.82) is 0 Å². The minimum atomic E-state index is -0.199. The fourth-order valence-corrected chi connectivity index (χ4v) is 2.43. The van der Waals surface area contributed by atoms with Crippen molar-refractivity contribution in [3.63, 3.8) is 0 Å². The Bertz CT molecular complexity index is 568. The van der Waals surface area contributed by atoms with E-state index in [-0.39, 0.29) is 11.9 Å². The maximum absolute atomic E-state index is 13.2. The second kappa shape index (κ2) is 6.18. The predicted octanol–water partition coefficient (Wildman–Crippen LogP) is 4.29. The molecule has 1 atom stereocenters. The van der Waals surface area contributed by atoms with E-state index in [9.17, 15) is 4.39 Å². The third kappa shape index (κ3) is 3.55. The van der Waals surface area contributed by atoms with E-state index in [0.717, 1.165) is 22.6 Å². The molecule has 0 bridgehead atoms. The smallest absolute Gasteiger partial charge is 0.123 e. The van der Waals surface area contributed by atoms with Crippen LogP contribution in [0.15, 0.2) is 42.5 Å². The highest BCUT2D eigenvalue weighted by molar-refractivity contribution is 6.30. The first-order valence-corrected chi connectivity index (χ1v) is 6.65. The van der Waals surface area contributed by atoms with Crippen LogP contribution in [0.1, 0.15) is 22.7 Å². The zero-order chi connectivity index (χ0) is 13.8. The van der Waals surface area contributed by atoms with Crippen molar-refractivity contribution < 1.29 is 4.39 Å². The fourth-order valence-electron chi connectivity index (χ4n) is 2.25. The summed E-state index contributed by atoms with van der Waals surface area (Å²) in [4.78, 5) is 0. The summed E-state index contributed by atoms with van der Waals surface area (Å²) in [6.07, 6.45) is 0.732. The SMILES string of the molecule is CNC(Cc1cccc(F)c1)c1cc(Cl)ccc1C. The normalized spacial score (nSPS) is 12.4. The van der Waals surface area contributed by atoms with Gasteiger partial charge in [-0.25, -0.2) is 4.39 Å². The average molecular weight is 278 g/mol. The molecule has 100 valence electrons. The van der Waals surface area contributed by atoms with E-state index in [0.29, 0.717) is 0 Å². The number of halogens is 2. The summed E-state index contributed by atoms with van der Waals surface area (Å²) in [5.41, 5.74) is 3.30. The molecular formula is C16H17ClFN. The van der Waals surface area contributed by atoms with E-state index in [2.05, 4.69) is 12.2 Å². The van der Waals surface area contributed by atoms with E-state index >= 15 is 0 Å². The molecule has 19 heavy (non-hydrogen) atoms. The number of hydrogen-bond acceptors (Lipinski definition) is 1. The van der Waals surface area contributed by atoms with Crippen LogP contribution >= 0.6 is 11.6 Å². The molecule has 0 aromatic heterocycles. The third-order valence-corrected chi connectivity index (χ3v) is 3.53. The first kappa shape index (κ1) is 14.0. The van der Waals surface area contributed by atoms with Gasteiger partial charge in [-0.2, -0.15) is 0 Å². The van der Waals surface area contributed by atoms with Gasteiger partial charge in [-0.15, -0.1) is 0 Å². The van der Waals surface area contributed by atoms with Crippen LogP contribution in [0.4, 0.5) is 4.39 Å². The lowest BCUT2D eigenvalue weighted by Gasteiger charge is -2.19. The maximum atomic E-state index is 13.2. The fraction of sp³-hybridized carbons (Fsp3) is 0.250. The van der Waals surface area contributed by atoms with Crippen LogP contribution < -0.4 is 5.32 Å². The van der Waals surface area contributed by atoms with Gasteiger partial charge >= 0.3 is 0 Å². The standard InChI is InChI=1S/C16H17ClFN/c1-11-6-7-13(17)10-15(11)16(19-2)9-12-4-3-5-14(18)8-12/h3-8,10,16,19H,9H2,1-2H3. The van der Waals surface area contributed by atoms with Crippen LogP contribution in [0, 0.1) is 12.7 Å². The Morgan fingerprint density at radius 2 is 2.00 bits per heavy atom. The molecule has 0 fully saturated rings. The molecule has 0 saturated heterocycles. The largest absolute Gasteiger partial charge is 0.313 e. The van der Waals surface area contributed by atoms with E-state index < -0.39 is 0 Å². The van der Waals surface area contributed by atoms with Crippen LogP contribution in [0.2, 0.25) is 5.02 Å². The summed E-state index contributed by atoms with van der Waals surface area (Å²) in [7, 11) is 1.91. The van der Waals surface area contributed by atoms with Gasteiger partial charge in [0.2, 0.25) is 0 Å². The Morgan fingerprint density at radius 1 is 1.21 bits per heavy atom. The molecule has 0 heterocycles. The molecular weight excluding hydrogens is 261 g/mol. The lowest BCUT2D eigenvalue weighted by atomic mass is 9.95. The quantitative estimate of drug-likeness (QED) is 0.879. The molecule has 0 amide bonds. The van der Waals surface area contributed by atoms with Crippen LogP contribution in [-0.2, 0) is 6.42 Å². The van der Waals surface area contributed by atoms with Crippen LogP contribution in [-0.4, -0.2) is 7.05 Å². The highest BCUT2D eigenvalue weighted by Crippen LogP contribution is 2.24. The molecule has 2 aromatic carbocycles. The van der Waals surface area contributed by atoms with Crippen LogP contribution in [0.25, 0.3) is 0 Å². The van der Waals surface area contributed by atoms with E-state index in [1.807, 2.05) is 31.3 Å². The Kier molecular flexibility index (Phi) is 4.56. The minimum absolute atomic E-state index is 0.125. The summed E-state index contributed by atoms with van der Waals surface area (Å²) in [5, 5.41) is 4.00. The van der Waals surface area contributed by atoms with Gasteiger partial charge in [-0.3, -0.25) is 0 Å². The lowest BCUT2D eigenvalue weighted by molar-refractivity contribution is 0.581. The summed E-state index contributed by atoms with van der Waals surface area (Å²) >= 11 is 6.06. The molecule has 1 N–H and O–H groups in total. The van der Waals surface area contributed by atoms with Crippen molar-refractivity contribution in [3.8, 4) is 0 Å². The molecule has 0 saturated carbocycles. The highest BCUT2D eigenvalue weighted by Gasteiger charge is 2.13. The van der Waals surface area contributed by atoms with E-state index in [1.54, 1.807) is 12.1 Å². The number of aryl methyl sites for hydroxylation is 1. The molecule has 1 nitrogen and oxygen atoms in total. The first-order chi connectivity index (χ1) is 9.10. The number of hydrogen-bond donors (Lipinski definition) is 1. The summed E-state index contributed by atoms with van der Waals surface area (Å²) in [6.45, 7) is 2.06. The summed E-state index contributed by atoms with van der Waals surface area (Å²) in [5.74, 6) is -0.199. The Labute approximate surface area is 118 Å². The van der Waals surface area contributed by atoms with Crippen molar-refractivity contribution >= 4 is 11.6 Å². The molecule has 0 aliphatic carbocycles. The van der Waals surface area contributed by atoms with Gasteiger partial charge in [0.15, 0.2) is 0 Å². The molecule has 2 rings (SSSR count). The first-order valence-electron chi connectivity index (χ1n) is 6.28. The van der Waals surface area contributed by atoms with Gasteiger partial charge in [0.25, 0.3) is 0 Å². The van der Waals surface area contributed by atoms with Gasteiger partial charge in [0, 0.05) is 11.1 Å². The molecule has 0 radical (unpaired) electrons. The average Bonchev–Trinajstić information content (AvgIpc) is 2.39. The zero-order valence-corrected chi connectivity index (χ0v) is 11.8. The van der Waals surface area contributed by atoms with Gasteiger partial charge in [-0.1, -0.05) is 29.8 Å². The molecule has 3 heteroatoms. The lowest BCUT2D eigenvalue weighted by Crippen LogP contribution is -2.19. The predicted molar refractivity (Wildman–Crippen MR) is 78.1 cm³/mol. The van der Waals surface area contributed by atoms with Crippen LogP contribution in [0.5, 0.6) is 0 Å². The number of benzene rings is 2. The van der Waals surface area contributed by atoms with Crippen molar-refractivity contribution in [3.05, 3.63) is 70.0 Å². The molecule has 2 aromatic rings. The minimum Gasteiger partial charge on any atom is -0.313 e. The monoisotopic (exact) mass is 277 g/mol. The second-order valence-corrected chi connectivity index (χ2v) is 5.11. The van der Waals surface area contributed by atoms with E-state index in [4.69, 9.17) is 11.6 Å². The third-order valence-electron chi connectivity index (χ3n) is 3.29. The van der Waals surface area contributed by atoms with Crippen molar-refractivity contribution in [2.75, 3.05) is 7.05 Å². The van der Waals surface area contributed by atoms with Gasteiger partial charge in [0.1, 0.15) is 5.82 Å². The van der Waals surface area contributed by atoms with Crippen molar-refractivity contribution in [1.82, 2.24) is 5.32 Å².